The summed E-state index contributed by atoms with van der Waals surface area (Å²) in [4.78, 5) is 8.47. The van der Waals surface area contributed by atoms with Crippen LogP contribution in [0.25, 0.3) is 5.78 Å². The number of fused-ring (bicyclic) bond motifs is 1. The van der Waals surface area contributed by atoms with Gasteiger partial charge in [0.2, 0.25) is 0 Å². The highest BCUT2D eigenvalue weighted by Crippen LogP contribution is 2.19. The number of hydrogen-bond acceptors (Lipinski definition) is 7. The molecule has 128 valence electrons. The Bertz CT molecular complexity index is 920. The van der Waals surface area contributed by atoms with Crippen LogP contribution in [0.5, 0.6) is 0 Å². The van der Waals surface area contributed by atoms with Crippen molar-refractivity contribution in [2.45, 2.75) is 17.6 Å². The summed E-state index contributed by atoms with van der Waals surface area (Å²) < 4.78 is 28.0. The van der Waals surface area contributed by atoms with Gasteiger partial charge in [0, 0.05) is 31.9 Å². The van der Waals surface area contributed by atoms with Gasteiger partial charge in [-0.25, -0.2) is 13.4 Å². The van der Waals surface area contributed by atoms with Crippen LogP contribution in [0, 0.1) is 0 Å². The first-order valence-electron chi connectivity index (χ1n) is 7.45. The van der Waals surface area contributed by atoms with Gasteiger partial charge >= 0.3 is 0 Å². The van der Waals surface area contributed by atoms with Gasteiger partial charge in [0.15, 0.2) is 0 Å². The lowest BCUT2D eigenvalue weighted by molar-refractivity contribution is 0.482. The highest BCUT2D eigenvalue weighted by molar-refractivity contribution is 7.91. The van der Waals surface area contributed by atoms with Gasteiger partial charge in [-0.2, -0.15) is 18.9 Å². The summed E-state index contributed by atoms with van der Waals surface area (Å²) in [5.74, 6) is 1.27. The van der Waals surface area contributed by atoms with E-state index in [0.29, 0.717) is 23.1 Å². The van der Waals surface area contributed by atoms with Crippen molar-refractivity contribution in [3.8, 4) is 0 Å². The standard InChI is InChI=1S/C14H18N6O2S2/c1-3-11-9-12(20-14(18-11)16-10-17-20)15-6-7-19(2)24(21,22)13-5-4-8-23-13/h4-5,8-10,15H,3,6-7H2,1-2H3. The van der Waals surface area contributed by atoms with Crippen LogP contribution in [0.4, 0.5) is 5.82 Å². The molecular weight excluding hydrogens is 348 g/mol. The van der Waals surface area contributed by atoms with Crippen molar-refractivity contribution in [3.63, 3.8) is 0 Å². The van der Waals surface area contributed by atoms with E-state index in [9.17, 15) is 8.42 Å². The molecule has 0 saturated carbocycles. The Kier molecular flexibility index (Phi) is 4.78. The molecule has 0 fully saturated rings. The summed E-state index contributed by atoms with van der Waals surface area (Å²) >= 11 is 1.22. The molecular formula is C14H18N6O2S2. The van der Waals surface area contributed by atoms with Gasteiger partial charge in [-0.1, -0.05) is 13.0 Å². The van der Waals surface area contributed by atoms with Crippen molar-refractivity contribution < 1.29 is 8.42 Å². The molecule has 0 saturated heterocycles. The lowest BCUT2D eigenvalue weighted by atomic mass is 10.3. The van der Waals surface area contributed by atoms with E-state index >= 15 is 0 Å². The number of hydrogen-bond donors (Lipinski definition) is 1. The fraction of sp³-hybridized carbons (Fsp3) is 0.357. The van der Waals surface area contributed by atoms with Gasteiger partial charge in [-0.15, -0.1) is 11.3 Å². The summed E-state index contributed by atoms with van der Waals surface area (Å²) in [5, 5.41) is 9.10. The number of thiophene rings is 1. The molecule has 24 heavy (non-hydrogen) atoms. The molecule has 0 aliphatic carbocycles. The summed E-state index contributed by atoms with van der Waals surface area (Å²) in [5.41, 5.74) is 0.901. The van der Waals surface area contributed by atoms with E-state index in [1.54, 1.807) is 29.1 Å². The van der Waals surface area contributed by atoms with Crippen molar-refractivity contribution in [1.29, 1.82) is 0 Å². The summed E-state index contributed by atoms with van der Waals surface area (Å²) in [6, 6.07) is 5.24. The Balaban J connectivity index is 1.69. The lowest BCUT2D eigenvalue weighted by Crippen LogP contribution is -2.31. The molecule has 1 N–H and O–H groups in total. The summed E-state index contributed by atoms with van der Waals surface area (Å²) in [6.07, 6.45) is 2.23. The second-order valence-corrected chi connectivity index (χ2v) is 8.36. The molecule has 0 atom stereocenters. The predicted molar refractivity (Wildman–Crippen MR) is 92.8 cm³/mol. The quantitative estimate of drug-likeness (QED) is 0.681. The van der Waals surface area contributed by atoms with E-state index < -0.39 is 10.0 Å². The normalized spacial score (nSPS) is 12.1. The third kappa shape index (κ3) is 3.25. The number of sulfonamides is 1. The zero-order chi connectivity index (χ0) is 17.2. The fourth-order valence-corrected chi connectivity index (χ4v) is 4.57. The number of aryl methyl sites for hydroxylation is 1. The molecule has 0 bridgehead atoms. The molecule has 0 aliphatic heterocycles. The third-order valence-corrected chi connectivity index (χ3v) is 6.79. The summed E-state index contributed by atoms with van der Waals surface area (Å²) in [7, 11) is -1.85. The topological polar surface area (TPSA) is 92.5 Å². The van der Waals surface area contributed by atoms with E-state index in [1.165, 1.54) is 22.0 Å². The van der Waals surface area contributed by atoms with E-state index in [1.807, 2.05) is 13.0 Å². The van der Waals surface area contributed by atoms with Gasteiger partial charge in [-0.05, 0) is 17.9 Å². The first kappa shape index (κ1) is 16.8. The highest BCUT2D eigenvalue weighted by Gasteiger charge is 2.21. The number of rotatable bonds is 7. The van der Waals surface area contributed by atoms with Crippen molar-refractivity contribution in [3.05, 3.63) is 35.6 Å². The number of anilines is 1. The van der Waals surface area contributed by atoms with Crippen molar-refractivity contribution in [2.75, 3.05) is 25.5 Å². The van der Waals surface area contributed by atoms with Gasteiger partial charge in [-0.3, -0.25) is 0 Å². The van der Waals surface area contributed by atoms with Gasteiger partial charge in [0.25, 0.3) is 15.8 Å². The Morgan fingerprint density at radius 1 is 1.42 bits per heavy atom. The molecule has 0 radical (unpaired) electrons. The molecule has 0 aromatic carbocycles. The minimum Gasteiger partial charge on any atom is -0.369 e. The minimum absolute atomic E-state index is 0.334. The second-order valence-electron chi connectivity index (χ2n) is 5.14. The SMILES string of the molecule is CCc1cc(NCCN(C)S(=O)(=O)c2cccs2)n2ncnc2n1. The number of aromatic nitrogens is 4. The zero-order valence-corrected chi connectivity index (χ0v) is 15.0. The van der Waals surface area contributed by atoms with Crippen LogP contribution in [-0.2, 0) is 16.4 Å². The summed E-state index contributed by atoms with van der Waals surface area (Å²) in [6.45, 7) is 2.80. The average molecular weight is 366 g/mol. The minimum atomic E-state index is -3.43. The van der Waals surface area contributed by atoms with Crippen molar-refractivity contribution in [1.82, 2.24) is 23.9 Å². The van der Waals surface area contributed by atoms with Gasteiger partial charge < -0.3 is 5.32 Å². The molecule has 3 aromatic heterocycles. The van der Waals surface area contributed by atoms with Crippen LogP contribution in [0.15, 0.2) is 34.1 Å². The van der Waals surface area contributed by atoms with Crippen LogP contribution in [0.3, 0.4) is 0 Å². The van der Waals surface area contributed by atoms with Crippen LogP contribution in [-0.4, -0.2) is 52.4 Å². The Morgan fingerprint density at radius 3 is 2.96 bits per heavy atom. The molecule has 0 spiro atoms. The predicted octanol–water partition coefficient (Wildman–Crippen LogP) is 1.48. The van der Waals surface area contributed by atoms with Crippen LogP contribution in [0.1, 0.15) is 12.6 Å². The highest BCUT2D eigenvalue weighted by atomic mass is 32.2. The van der Waals surface area contributed by atoms with E-state index in [0.717, 1.165) is 17.9 Å². The smallest absolute Gasteiger partial charge is 0.254 e. The fourth-order valence-electron chi connectivity index (χ4n) is 2.19. The van der Waals surface area contributed by atoms with Crippen molar-refractivity contribution in [2.24, 2.45) is 0 Å². The van der Waals surface area contributed by atoms with E-state index in [2.05, 4.69) is 20.4 Å². The first-order chi connectivity index (χ1) is 11.5. The van der Waals surface area contributed by atoms with Gasteiger partial charge in [0.05, 0.1) is 0 Å². The van der Waals surface area contributed by atoms with Crippen LogP contribution in [0.2, 0.25) is 0 Å². The second kappa shape index (κ2) is 6.83. The largest absolute Gasteiger partial charge is 0.369 e. The van der Waals surface area contributed by atoms with E-state index in [4.69, 9.17) is 0 Å². The maximum Gasteiger partial charge on any atom is 0.254 e. The average Bonchev–Trinajstić information content (AvgIpc) is 3.25. The van der Waals surface area contributed by atoms with E-state index in [-0.39, 0.29) is 0 Å². The van der Waals surface area contributed by atoms with Gasteiger partial charge in [0.1, 0.15) is 16.4 Å². The van der Waals surface area contributed by atoms with Crippen molar-refractivity contribution >= 4 is 33.0 Å². The number of nitrogens with one attached hydrogen (secondary N) is 1. The lowest BCUT2D eigenvalue weighted by Gasteiger charge is -2.17. The first-order valence-corrected chi connectivity index (χ1v) is 9.77. The maximum absolute atomic E-state index is 12.4. The number of nitrogens with zero attached hydrogens (tertiary/aromatic N) is 5. The van der Waals surface area contributed by atoms with Crippen LogP contribution >= 0.6 is 11.3 Å². The molecule has 10 heteroatoms. The molecule has 0 aliphatic rings. The number of likely N-dealkylation sites (N-methyl/N-ethyl adjacent to an activating group) is 1. The third-order valence-electron chi connectivity index (χ3n) is 3.56. The molecule has 3 heterocycles. The Labute approximate surface area is 144 Å². The molecule has 3 aromatic rings. The van der Waals surface area contributed by atoms with Crippen LogP contribution < -0.4 is 5.32 Å². The molecule has 8 nitrogen and oxygen atoms in total. The molecule has 3 rings (SSSR count). The molecule has 0 unspecified atom stereocenters. The maximum atomic E-state index is 12.4. The Morgan fingerprint density at radius 2 is 2.25 bits per heavy atom. The zero-order valence-electron chi connectivity index (χ0n) is 13.4. The Hall–Kier alpha value is -2.04. The monoisotopic (exact) mass is 366 g/mol. The molecule has 0 amide bonds.